The number of ether oxygens (including phenoxy) is 3. The van der Waals surface area contributed by atoms with Gasteiger partial charge in [0.2, 0.25) is 5.91 Å². The third kappa shape index (κ3) is 7.18. The largest absolute Gasteiger partial charge is 0.495 e. The Morgan fingerprint density at radius 1 is 1.03 bits per heavy atom. The van der Waals surface area contributed by atoms with Gasteiger partial charge < -0.3 is 19.5 Å². The second kappa shape index (κ2) is 12.9. The molecule has 1 aliphatic heterocycles. The highest BCUT2D eigenvalue weighted by Crippen LogP contribution is 2.38. The minimum atomic E-state index is -0.565. The Morgan fingerprint density at radius 3 is 2.41 bits per heavy atom. The van der Waals surface area contributed by atoms with Crippen molar-refractivity contribution in [3.63, 3.8) is 0 Å². The average molecular weight is 699 g/mol. The number of hydrogen-bond donors (Lipinski definition) is 1. The van der Waals surface area contributed by atoms with Gasteiger partial charge in [-0.2, -0.15) is 0 Å². The number of methoxy groups -OCH3 is 2. The number of carbonyl (C=O) groups excluding carboxylic acids is 3. The van der Waals surface area contributed by atoms with Gasteiger partial charge in [-0.15, -0.1) is 0 Å². The van der Waals surface area contributed by atoms with Gasteiger partial charge in [-0.3, -0.25) is 19.3 Å². The van der Waals surface area contributed by atoms with Crippen LogP contribution in [0.2, 0.25) is 10.0 Å². The summed E-state index contributed by atoms with van der Waals surface area (Å²) in [6.07, 6.45) is 1.58. The van der Waals surface area contributed by atoms with Gasteiger partial charge in [0.05, 0.1) is 27.7 Å². The maximum Gasteiger partial charge on any atom is 0.294 e. The summed E-state index contributed by atoms with van der Waals surface area (Å²) < 4.78 is 17.4. The minimum absolute atomic E-state index is 0.188. The molecular formula is C27H21Cl2IN2O6S. The number of halogens is 3. The normalized spacial score (nSPS) is 14.1. The highest BCUT2D eigenvalue weighted by molar-refractivity contribution is 14.1. The molecule has 0 unspecified atom stereocenters. The molecule has 3 aromatic carbocycles. The van der Waals surface area contributed by atoms with E-state index in [9.17, 15) is 14.4 Å². The summed E-state index contributed by atoms with van der Waals surface area (Å²) in [6.45, 7) is -0.128. The Labute approximate surface area is 252 Å². The van der Waals surface area contributed by atoms with E-state index in [1.165, 1.54) is 20.3 Å². The number of amides is 3. The van der Waals surface area contributed by atoms with Crippen LogP contribution in [0.25, 0.3) is 6.08 Å². The summed E-state index contributed by atoms with van der Waals surface area (Å²) in [6, 6.07) is 15.6. The Hall–Kier alpha value is -2.93. The summed E-state index contributed by atoms with van der Waals surface area (Å²) in [5.74, 6) is 0.369. The lowest BCUT2D eigenvalue weighted by molar-refractivity contribution is -0.127. The first-order valence-corrected chi connectivity index (χ1v) is 14.0. The summed E-state index contributed by atoms with van der Waals surface area (Å²) in [5.41, 5.74) is 1.99. The predicted octanol–water partition coefficient (Wildman–Crippen LogP) is 6.87. The van der Waals surface area contributed by atoms with Gasteiger partial charge in [-0.1, -0.05) is 35.3 Å². The summed E-state index contributed by atoms with van der Waals surface area (Å²) in [4.78, 5) is 39.1. The number of imide groups is 1. The first-order valence-electron chi connectivity index (χ1n) is 11.3. The molecule has 0 aliphatic carbocycles. The molecule has 4 rings (SSSR count). The molecule has 12 heteroatoms. The number of carbonyl (C=O) groups is 3. The van der Waals surface area contributed by atoms with E-state index < -0.39 is 23.6 Å². The van der Waals surface area contributed by atoms with E-state index in [2.05, 4.69) is 27.9 Å². The lowest BCUT2D eigenvalue weighted by atomic mass is 10.1. The Morgan fingerprint density at radius 2 is 1.74 bits per heavy atom. The summed E-state index contributed by atoms with van der Waals surface area (Å²) in [5, 5.41) is 3.04. The zero-order chi connectivity index (χ0) is 28.1. The second-order valence-electron chi connectivity index (χ2n) is 8.11. The number of thioether (sulfide) groups is 1. The van der Waals surface area contributed by atoms with Crippen LogP contribution in [0.5, 0.6) is 17.2 Å². The van der Waals surface area contributed by atoms with Crippen LogP contribution < -0.4 is 19.5 Å². The van der Waals surface area contributed by atoms with Crippen LogP contribution >= 0.6 is 57.6 Å². The molecule has 0 bridgehead atoms. The van der Waals surface area contributed by atoms with E-state index in [4.69, 9.17) is 37.4 Å². The van der Waals surface area contributed by atoms with Crippen molar-refractivity contribution in [2.45, 2.75) is 6.61 Å². The maximum absolute atomic E-state index is 13.0. The van der Waals surface area contributed by atoms with Crippen LogP contribution in [0.4, 0.5) is 10.5 Å². The molecule has 8 nitrogen and oxygen atoms in total. The predicted molar refractivity (Wildman–Crippen MR) is 161 cm³/mol. The Balaban J connectivity index is 1.45. The number of nitrogens with zero attached hydrogens (tertiary/aromatic N) is 1. The summed E-state index contributed by atoms with van der Waals surface area (Å²) >= 11 is 14.9. The molecule has 0 spiro atoms. The van der Waals surface area contributed by atoms with Gasteiger partial charge in [-0.05, 0) is 94.0 Å². The van der Waals surface area contributed by atoms with Crippen molar-refractivity contribution in [1.82, 2.24) is 4.90 Å². The topological polar surface area (TPSA) is 94.2 Å². The third-order valence-electron chi connectivity index (χ3n) is 5.46. The van der Waals surface area contributed by atoms with Crippen molar-refractivity contribution in [3.05, 3.63) is 84.2 Å². The number of nitrogens with one attached hydrogen (secondary N) is 1. The van der Waals surface area contributed by atoms with Crippen LogP contribution in [0.3, 0.4) is 0 Å². The maximum atomic E-state index is 13.0. The second-order valence-corrected chi connectivity index (χ2v) is 11.1. The van der Waals surface area contributed by atoms with Crippen LogP contribution in [0, 0.1) is 3.57 Å². The number of hydrogen-bond acceptors (Lipinski definition) is 7. The fraction of sp³-hybridized carbons (Fsp3) is 0.148. The molecule has 3 aromatic rings. The molecule has 1 heterocycles. The van der Waals surface area contributed by atoms with Crippen LogP contribution in [0.1, 0.15) is 11.1 Å². The molecule has 0 aromatic heterocycles. The van der Waals surface area contributed by atoms with Gasteiger partial charge in [0.25, 0.3) is 11.1 Å². The fourth-order valence-corrected chi connectivity index (χ4v) is 5.58. The van der Waals surface area contributed by atoms with E-state index in [1.807, 2.05) is 18.2 Å². The van der Waals surface area contributed by atoms with Crippen molar-refractivity contribution in [2.75, 3.05) is 26.1 Å². The summed E-state index contributed by atoms with van der Waals surface area (Å²) in [7, 11) is 3.00. The van der Waals surface area contributed by atoms with E-state index in [0.717, 1.165) is 25.8 Å². The van der Waals surface area contributed by atoms with Gasteiger partial charge in [0.1, 0.15) is 18.9 Å². The quantitative estimate of drug-likeness (QED) is 0.193. The van der Waals surface area contributed by atoms with E-state index in [0.29, 0.717) is 45.2 Å². The van der Waals surface area contributed by atoms with Crippen molar-refractivity contribution < 1.29 is 28.6 Å². The molecular weight excluding hydrogens is 678 g/mol. The highest BCUT2D eigenvalue weighted by Gasteiger charge is 2.36. The zero-order valence-electron chi connectivity index (χ0n) is 20.6. The molecule has 1 saturated heterocycles. The van der Waals surface area contributed by atoms with Crippen molar-refractivity contribution in [2.24, 2.45) is 0 Å². The van der Waals surface area contributed by atoms with Gasteiger partial charge >= 0.3 is 0 Å². The van der Waals surface area contributed by atoms with Crippen LogP contribution in [-0.2, 0) is 16.2 Å². The standard InChI is InChI=1S/C27H21Cl2IN2O6S/c1-36-21-8-7-18(12-19(21)29)31-24(33)13-32-26(34)23(39-27(32)35)11-16-9-20(30)25(22(10-16)37-2)38-14-15-3-5-17(28)6-4-15/h3-12H,13-14H2,1-2H3,(H,31,33)/b23-11+. The molecule has 1 N–H and O–H groups in total. The molecule has 3 amide bonds. The molecule has 0 radical (unpaired) electrons. The average Bonchev–Trinajstić information content (AvgIpc) is 3.16. The number of rotatable bonds is 9. The molecule has 0 atom stereocenters. The van der Waals surface area contributed by atoms with Gasteiger partial charge in [-0.25, -0.2) is 0 Å². The highest BCUT2D eigenvalue weighted by atomic mass is 127. The number of anilines is 1. The lowest BCUT2D eigenvalue weighted by Gasteiger charge is -2.14. The number of benzene rings is 3. The van der Waals surface area contributed by atoms with Crippen molar-refractivity contribution >= 4 is 86.4 Å². The van der Waals surface area contributed by atoms with Crippen LogP contribution in [0.15, 0.2) is 59.5 Å². The molecule has 202 valence electrons. The van der Waals surface area contributed by atoms with Gasteiger partial charge in [0, 0.05) is 10.7 Å². The van der Waals surface area contributed by atoms with Gasteiger partial charge in [0.15, 0.2) is 11.5 Å². The van der Waals surface area contributed by atoms with Crippen molar-refractivity contribution in [1.29, 1.82) is 0 Å². The molecule has 1 aliphatic rings. The Bertz CT molecular complexity index is 1470. The minimum Gasteiger partial charge on any atom is -0.495 e. The zero-order valence-corrected chi connectivity index (χ0v) is 25.1. The molecule has 39 heavy (non-hydrogen) atoms. The first-order chi connectivity index (χ1) is 18.7. The SMILES string of the molecule is COc1ccc(NC(=O)CN2C(=O)S/C(=C/c3cc(I)c(OCc4ccc(Cl)cc4)c(OC)c3)C2=O)cc1Cl. The molecule has 0 saturated carbocycles. The van der Waals surface area contributed by atoms with Crippen LogP contribution in [-0.4, -0.2) is 42.7 Å². The third-order valence-corrected chi connectivity index (χ3v) is 7.71. The Kier molecular flexibility index (Phi) is 9.65. The monoisotopic (exact) mass is 698 g/mol. The van der Waals surface area contributed by atoms with E-state index in [1.54, 1.807) is 36.4 Å². The lowest BCUT2D eigenvalue weighted by Crippen LogP contribution is -2.36. The molecule has 1 fully saturated rings. The fourth-order valence-electron chi connectivity index (χ4n) is 3.58. The van der Waals surface area contributed by atoms with E-state index >= 15 is 0 Å². The van der Waals surface area contributed by atoms with Crippen molar-refractivity contribution in [3.8, 4) is 17.2 Å². The smallest absolute Gasteiger partial charge is 0.294 e. The first kappa shape index (κ1) is 29.1. The van der Waals surface area contributed by atoms with E-state index in [-0.39, 0.29) is 4.91 Å².